The number of nitrogens with zero attached hydrogens (tertiary/aromatic N) is 3. The molecule has 0 heterocycles. The van der Waals surface area contributed by atoms with Crippen LogP contribution in [0, 0.1) is 0 Å². The third-order valence-electron chi connectivity index (χ3n) is 3.60. The fourth-order valence-electron chi connectivity index (χ4n) is 2.07. The molecule has 0 radical (unpaired) electrons. The van der Waals surface area contributed by atoms with Crippen LogP contribution in [-0.2, 0) is 4.79 Å². The van der Waals surface area contributed by atoms with Crippen LogP contribution in [0.2, 0.25) is 0 Å². The number of ether oxygens (including phenoxy) is 1. The summed E-state index contributed by atoms with van der Waals surface area (Å²) in [5.74, 6) is -0.983. The van der Waals surface area contributed by atoms with E-state index in [1.807, 2.05) is 0 Å². The van der Waals surface area contributed by atoms with Gasteiger partial charge in [0.25, 0.3) is 0 Å². The number of carbonyl (C=O) groups excluding carboxylic acids is 1. The van der Waals surface area contributed by atoms with Gasteiger partial charge in [-0.2, -0.15) is 0 Å². The van der Waals surface area contributed by atoms with Crippen LogP contribution in [0.3, 0.4) is 0 Å². The zero-order chi connectivity index (χ0) is 21.1. The number of rotatable bonds is 7. The molecule has 0 saturated heterocycles. The van der Waals surface area contributed by atoms with Crippen molar-refractivity contribution in [3.8, 4) is 5.75 Å². The third kappa shape index (κ3) is 5.39. The number of halogens is 2. The maximum Gasteiger partial charge on any atom is 0.347 e. The molecule has 2 aromatic rings. The Morgan fingerprint density at radius 3 is 2.04 bits per heavy atom. The monoisotopic (exact) mass is 511 g/mol. The highest BCUT2D eigenvalue weighted by atomic mass is 79.9. The minimum Gasteiger partial charge on any atom is -0.478 e. The van der Waals surface area contributed by atoms with E-state index in [-0.39, 0.29) is 5.78 Å². The normalized spacial score (nSPS) is 11.5. The number of hydrogen-bond acceptors (Lipinski definition) is 5. The summed E-state index contributed by atoms with van der Waals surface area (Å²) < 4.78 is 6.53. The minimum atomic E-state index is -1.42. The van der Waals surface area contributed by atoms with Crippen LogP contribution in [0.25, 0.3) is 0 Å². The zero-order valence-corrected chi connectivity index (χ0v) is 18.9. The molecule has 0 aliphatic rings. The number of carbonyl (C=O) groups is 2. The average molecular weight is 513 g/mol. The van der Waals surface area contributed by atoms with Crippen LogP contribution in [0.1, 0.15) is 29.8 Å². The van der Waals surface area contributed by atoms with Gasteiger partial charge in [-0.3, -0.25) is 9.80 Å². The van der Waals surface area contributed by atoms with Crippen molar-refractivity contribution in [1.29, 1.82) is 0 Å². The molecule has 2 aromatic carbocycles. The van der Waals surface area contributed by atoms with Crippen molar-refractivity contribution in [2.24, 2.45) is 10.3 Å². The summed E-state index contributed by atoms with van der Waals surface area (Å²) in [6.45, 7) is 2.89. The lowest BCUT2D eigenvalue weighted by Gasteiger charge is -2.23. The van der Waals surface area contributed by atoms with Crippen molar-refractivity contribution in [1.82, 2.24) is 5.01 Å². The molecule has 0 unspecified atom stereocenters. The number of ketones is 1. The van der Waals surface area contributed by atoms with Gasteiger partial charge in [0.2, 0.25) is 0 Å². The summed E-state index contributed by atoms with van der Waals surface area (Å²) >= 11 is 6.71. The summed E-state index contributed by atoms with van der Waals surface area (Å²) in [6.07, 6.45) is 0. The first-order valence-corrected chi connectivity index (χ1v) is 9.75. The predicted octanol–water partition coefficient (Wildman–Crippen LogP) is 5.24. The third-order valence-corrected chi connectivity index (χ3v) is 4.78. The summed E-state index contributed by atoms with van der Waals surface area (Å²) in [7, 11) is 3.53. The van der Waals surface area contributed by atoms with Gasteiger partial charge < -0.3 is 9.84 Å². The van der Waals surface area contributed by atoms with E-state index in [4.69, 9.17) is 4.74 Å². The quantitative estimate of drug-likeness (QED) is 0.311. The van der Waals surface area contributed by atoms with Crippen LogP contribution in [0.5, 0.6) is 5.75 Å². The highest BCUT2D eigenvalue weighted by Gasteiger charge is 2.31. The molecule has 0 aromatic heterocycles. The van der Waals surface area contributed by atoms with Gasteiger partial charge in [-0.15, -0.1) is 5.11 Å². The Balaban J connectivity index is 2.28. The fourth-order valence-corrected chi connectivity index (χ4v) is 3.42. The molecule has 1 N–H and O–H groups in total. The zero-order valence-electron chi connectivity index (χ0n) is 15.7. The molecule has 0 saturated carbocycles. The van der Waals surface area contributed by atoms with E-state index >= 15 is 0 Å². The minimum absolute atomic E-state index is 0.193. The molecule has 28 heavy (non-hydrogen) atoms. The van der Waals surface area contributed by atoms with E-state index in [1.54, 1.807) is 55.5 Å². The molecule has 0 aliphatic heterocycles. The van der Waals surface area contributed by atoms with Crippen LogP contribution in [0.4, 0.5) is 5.69 Å². The first-order chi connectivity index (χ1) is 13.0. The lowest BCUT2D eigenvalue weighted by atomic mass is 10.0. The number of benzene rings is 2. The molecule has 0 aliphatic carbocycles. The molecule has 2 rings (SSSR count). The molecule has 148 valence electrons. The van der Waals surface area contributed by atoms with Gasteiger partial charge in [-0.1, -0.05) is 5.22 Å². The fraction of sp³-hybridized carbons (Fsp3) is 0.263. The molecular weight excluding hydrogens is 494 g/mol. The molecule has 0 atom stereocenters. The SMILES string of the molecule is CN(C)N=Nc1ccc(C(=O)c2cc(Br)c(OC(C)(C)C(=O)O)c(Br)c2)cc1. The van der Waals surface area contributed by atoms with E-state index in [9.17, 15) is 14.7 Å². The van der Waals surface area contributed by atoms with Gasteiger partial charge in [-0.25, -0.2) is 4.79 Å². The van der Waals surface area contributed by atoms with Gasteiger partial charge in [-0.05, 0) is 82.1 Å². The van der Waals surface area contributed by atoms with Crippen molar-refractivity contribution >= 4 is 49.3 Å². The van der Waals surface area contributed by atoms with Gasteiger partial charge in [0.1, 0.15) is 5.75 Å². The molecule has 0 amide bonds. The number of carboxylic acids is 1. The number of hydrogen-bond donors (Lipinski definition) is 1. The lowest BCUT2D eigenvalue weighted by molar-refractivity contribution is -0.152. The first-order valence-electron chi connectivity index (χ1n) is 8.16. The lowest BCUT2D eigenvalue weighted by Crippen LogP contribution is -2.38. The van der Waals surface area contributed by atoms with E-state index in [2.05, 4.69) is 42.2 Å². The maximum absolute atomic E-state index is 12.8. The van der Waals surface area contributed by atoms with Crippen molar-refractivity contribution < 1.29 is 19.4 Å². The molecule has 0 fully saturated rings. The Kier molecular flexibility index (Phi) is 6.95. The summed E-state index contributed by atoms with van der Waals surface area (Å²) in [5, 5.41) is 18.7. The Morgan fingerprint density at radius 1 is 1.04 bits per heavy atom. The van der Waals surface area contributed by atoms with Crippen molar-refractivity contribution in [2.45, 2.75) is 19.4 Å². The largest absolute Gasteiger partial charge is 0.478 e. The van der Waals surface area contributed by atoms with Crippen LogP contribution >= 0.6 is 31.9 Å². The van der Waals surface area contributed by atoms with Crippen molar-refractivity contribution in [3.63, 3.8) is 0 Å². The standard InChI is InChI=1S/C19H19Br2N3O4/c1-19(2,18(26)27)28-17-14(20)9-12(10-15(17)21)16(25)11-5-7-13(8-6-11)22-23-24(3)4/h5-10H,1-4H3,(H,26,27). The summed E-state index contributed by atoms with van der Waals surface area (Å²) in [6, 6.07) is 9.95. The van der Waals surface area contributed by atoms with Gasteiger partial charge in [0, 0.05) is 25.2 Å². The van der Waals surface area contributed by atoms with E-state index in [1.165, 1.54) is 13.8 Å². The van der Waals surface area contributed by atoms with Gasteiger partial charge >= 0.3 is 5.97 Å². The summed E-state index contributed by atoms with van der Waals surface area (Å²) in [4.78, 5) is 24.1. The molecule has 7 nitrogen and oxygen atoms in total. The average Bonchev–Trinajstić information content (AvgIpc) is 2.62. The van der Waals surface area contributed by atoms with Crippen LogP contribution < -0.4 is 4.74 Å². The van der Waals surface area contributed by atoms with E-state index in [0.29, 0.717) is 31.5 Å². The molecular formula is C19H19Br2N3O4. The number of aliphatic carboxylic acids is 1. The predicted molar refractivity (Wildman–Crippen MR) is 112 cm³/mol. The van der Waals surface area contributed by atoms with E-state index < -0.39 is 11.6 Å². The Hall–Kier alpha value is -2.26. The van der Waals surface area contributed by atoms with Crippen LogP contribution in [-0.4, -0.2) is 41.6 Å². The topological polar surface area (TPSA) is 91.6 Å². The van der Waals surface area contributed by atoms with Crippen molar-refractivity contribution in [2.75, 3.05) is 14.1 Å². The molecule has 9 heteroatoms. The molecule has 0 spiro atoms. The highest BCUT2D eigenvalue weighted by molar-refractivity contribution is 9.11. The summed E-state index contributed by atoms with van der Waals surface area (Å²) in [5.41, 5.74) is 0.115. The van der Waals surface area contributed by atoms with Crippen LogP contribution in [0.15, 0.2) is 55.7 Å². The smallest absolute Gasteiger partial charge is 0.347 e. The molecule has 0 bridgehead atoms. The Morgan fingerprint density at radius 2 is 1.57 bits per heavy atom. The second-order valence-electron chi connectivity index (χ2n) is 6.60. The second kappa shape index (κ2) is 8.83. The van der Waals surface area contributed by atoms with E-state index in [0.717, 1.165) is 0 Å². The number of carboxylic acid groups (broad SMARTS) is 1. The van der Waals surface area contributed by atoms with Crippen molar-refractivity contribution in [3.05, 3.63) is 56.5 Å². The Labute approximate surface area is 179 Å². The highest BCUT2D eigenvalue weighted by Crippen LogP contribution is 2.37. The second-order valence-corrected chi connectivity index (χ2v) is 8.31. The Bertz CT molecular complexity index is 902. The van der Waals surface area contributed by atoms with Gasteiger partial charge in [0.15, 0.2) is 11.4 Å². The van der Waals surface area contributed by atoms with Gasteiger partial charge in [0.05, 0.1) is 14.6 Å². The first kappa shape index (κ1) is 22.0. The maximum atomic E-state index is 12.8.